The second-order valence-corrected chi connectivity index (χ2v) is 12.0. The molecular formula is C41H36N2. The van der Waals surface area contributed by atoms with Gasteiger partial charge in [0.1, 0.15) is 0 Å². The number of anilines is 4. The summed E-state index contributed by atoms with van der Waals surface area (Å²) < 4.78 is 0. The molecule has 0 N–H and O–H groups in total. The number of rotatable bonds is 6. The van der Waals surface area contributed by atoms with Crippen molar-refractivity contribution in [3.8, 4) is 33.4 Å². The zero-order chi connectivity index (χ0) is 29.6. The molecule has 6 aromatic carbocycles. The molecule has 0 bridgehead atoms. The Hall–Kier alpha value is -5.08. The minimum Gasteiger partial charge on any atom is -0.345 e. The molecule has 2 nitrogen and oxygen atoms in total. The van der Waals surface area contributed by atoms with E-state index in [0.717, 1.165) is 0 Å². The van der Waals surface area contributed by atoms with Gasteiger partial charge in [0.25, 0.3) is 0 Å². The van der Waals surface area contributed by atoms with Crippen LogP contribution in [0.25, 0.3) is 33.4 Å². The van der Waals surface area contributed by atoms with E-state index < -0.39 is 0 Å². The average Bonchev–Trinajstić information content (AvgIpc) is 3.30. The molecule has 6 aromatic rings. The van der Waals surface area contributed by atoms with Gasteiger partial charge in [-0.2, -0.15) is 0 Å². The normalized spacial score (nSPS) is 12.8. The fourth-order valence-electron chi connectivity index (χ4n) is 6.45. The lowest BCUT2D eigenvalue weighted by atomic mass is 9.81. The molecule has 210 valence electrons. The first-order valence-electron chi connectivity index (χ1n) is 15.0. The number of fused-ring (bicyclic) bond motifs is 3. The van der Waals surface area contributed by atoms with E-state index in [-0.39, 0.29) is 5.41 Å². The van der Waals surface area contributed by atoms with Crippen LogP contribution in [-0.4, -0.2) is 14.1 Å². The second-order valence-electron chi connectivity index (χ2n) is 12.0. The van der Waals surface area contributed by atoms with Crippen molar-refractivity contribution in [2.75, 3.05) is 23.9 Å². The lowest BCUT2D eigenvalue weighted by molar-refractivity contribution is 0.661. The van der Waals surface area contributed by atoms with Crippen LogP contribution in [0.15, 0.2) is 146 Å². The topological polar surface area (TPSA) is 6.48 Å². The molecule has 0 saturated carbocycles. The minimum atomic E-state index is -0.0857. The van der Waals surface area contributed by atoms with Gasteiger partial charge in [-0.15, -0.1) is 0 Å². The van der Waals surface area contributed by atoms with Gasteiger partial charge in [-0.1, -0.05) is 98.8 Å². The first-order chi connectivity index (χ1) is 20.9. The van der Waals surface area contributed by atoms with Crippen molar-refractivity contribution in [3.63, 3.8) is 0 Å². The monoisotopic (exact) mass is 556 g/mol. The fraction of sp³-hybridized carbons (Fsp3) is 0.122. The first-order valence-corrected chi connectivity index (χ1v) is 15.0. The van der Waals surface area contributed by atoms with E-state index in [1.54, 1.807) is 0 Å². The maximum absolute atomic E-state index is 2.40. The molecule has 0 atom stereocenters. The summed E-state index contributed by atoms with van der Waals surface area (Å²) in [5, 5.41) is 0. The van der Waals surface area contributed by atoms with Crippen LogP contribution < -0.4 is 9.80 Å². The van der Waals surface area contributed by atoms with Gasteiger partial charge >= 0.3 is 0 Å². The summed E-state index contributed by atoms with van der Waals surface area (Å²) in [6.45, 7) is 4.72. The van der Waals surface area contributed by atoms with E-state index in [4.69, 9.17) is 0 Å². The van der Waals surface area contributed by atoms with Crippen LogP contribution in [0.2, 0.25) is 0 Å². The number of hydrogen-bond donors (Lipinski definition) is 0. The summed E-state index contributed by atoms with van der Waals surface area (Å²) >= 11 is 0. The van der Waals surface area contributed by atoms with Crippen LogP contribution in [0.5, 0.6) is 0 Å². The highest BCUT2D eigenvalue weighted by atomic mass is 15.1. The van der Waals surface area contributed by atoms with E-state index in [1.165, 1.54) is 67.3 Å². The Balaban J connectivity index is 1.15. The van der Waals surface area contributed by atoms with Crippen LogP contribution in [-0.2, 0) is 5.41 Å². The molecule has 0 amide bonds. The molecule has 0 spiro atoms. The standard InChI is InChI=1S/C41H36N2/c1-41(2)39-27-31(29-15-21-35(22-16-29)42(3)33-11-7-5-8-12-33)19-25-37(39)38-26-20-32(28-40(38)41)30-17-23-36(24-18-30)43(4)34-13-9-6-10-14-34/h5-28H,1-4H3. The fourth-order valence-corrected chi connectivity index (χ4v) is 6.45. The molecule has 0 unspecified atom stereocenters. The van der Waals surface area contributed by atoms with Crippen molar-refractivity contribution < 1.29 is 0 Å². The van der Waals surface area contributed by atoms with Crippen LogP contribution in [0.3, 0.4) is 0 Å². The molecule has 0 fully saturated rings. The minimum absolute atomic E-state index is 0.0857. The molecule has 43 heavy (non-hydrogen) atoms. The van der Waals surface area contributed by atoms with Gasteiger partial charge in [0.05, 0.1) is 0 Å². The van der Waals surface area contributed by atoms with E-state index >= 15 is 0 Å². The zero-order valence-electron chi connectivity index (χ0n) is 25.3. The Morgan fingerprint density at radius 2 is 0.698 bits per heavy atom. The number of para-hydroxylation sites is 2. The van der Waals surface area contributed by atoms with Gasteiger partial charge in [-0.05, 0) is 105 Å². The summed E-state index contributed by atoms with van der Waals surface area (Å²) in [5.41, 5.74) is 15.1. The van der Waals surface area contributed by atoms with Gasteiger partial charge in [-0.25, -0.2) is 0 Å². The van der Waals surface area contributed by atoms with E-state index in [1.807, 2.05) is 0 Å². The summed E-state index contributed by atoms with van der Waals surface area (Å²) in [4.78, 5) is 4.44. The molecule has 2 heteroatoms. The SMILES string of the molecule is CN(c1ccccc1)c1ccc(-c2ccc3c(c2)C(C)(C)c2cc(-c4ccc(N(C)c5ccccc5)cc4)ccc2-3)cc1. The average molecular weight is 557 g/mol. The Morgan fingerprint density at radius 1 is 0.372 bits per heavy atom. The summed E-state index contributed by atoms with van der Waals surface area (Å²) in [7, 11) is 4.23. The van der Waals surface area contributed by atoms with Crippen LogP contribution in [0.4, 0.5) is 22.7 Å². The maximum Gasteiger partial charge on any atom is 0.0408 e. The Bertz CT molecular complexity index is 1750. The number of nitrogens with zero attached hydrogens (tertiary/aromatic N) is 2. The predicted octanol–water partition coefficient (Wildman–Crippen LogP) is 10.9. The highest BCUT2D eigenvalue weighted by molar-refractivity contribution is 5.86. The van der Waals surface area contributed by atoms with Crippen molar-refractivity contribution in [3.05, 3.63) is 157 Å². The molecule has 0 saturated heterocycles. The molecule has 0 aromatic heterocycles. The third-order valence-electron chi connectivity index (χ3n) is 9.14. The van der Waals surface area contributed by atoms with Gasteiger partial charge in [-0.3, -0.25) is 0 Å². The first kappa shape index (κ1) is 26.8. The highest BCUT2D eigenvalue weighted by Gasteiger charge is 2.35. The number of hydrogen-bond acceptors (Lipinski definition) is 2. The van der Waals surface area contributed by atoms with E-state index in [0.29, 0.717) is 0 Å². The van der Waals surface area contributed by atoms with Crippen molar-refractivity contribution in [1.29, 1.82) is 0 Å². The Morgan fingerprint density at radius 3 is 1.07 bits per heavy atom. The van der Waals surface area contributed by atoms with Crippen molar-refractivity contribution in [2.24, 2.45) is 0 Å². The largest absolute Gasteiger partial charge is 0.345 e. The van der Waals surface area contributed by atoms with E-state index in [9.17, 15) is 0 Å². The van der Waals surface area contributed by atoms with Gasteiger partial charge < -0.3 is 9.80 Å². The van der Waals surface area contributed by atoms with E-state index in [2.05, 4.69) is 183 Å². The molecule has 1 aliphatic rings. The second kappa shape index (κ2) is 10.6. The van der Waals surface area contributed by atoms with Crippen LogP contribution in [0.1, 0.15) is 25.0 Å². The molecule has 7 rings (SSSR count). The van der Waals surface area contributed by atoms with Gasteiger partial charge in [0.15, 0.2) is 0 Å². The Kier molecular flexibility index (Phi) is 6.63. The molecule has 0 aliphatic heterocycles. The summed E-state index contributed by atoms with van der Waals surface area (Å²) in [5.74, 6) is 0. The lowest BCUT2D eigenvalue weighted by Gasteiger charge is -2.23. The molecular weight excluding hydrogens is 520 g/mol. The molecule has 1 aliphatic carbocycles. The summed E-state index contributed by atoms with van der Waals surface area (Å²) in [6.07, 6.45) is 0. The zero-order valence-corrected chi connectivity index (χ0v) is 25.3. The predicted molar refractivity (Wildman–Crippen MR) is 184 cm³/mol. The van der Waals surface area contributed by atoms with Crippen LogP contribution >= 0.6 is 0 Å². The highest BCUT2D eigenvalue weighted by Crippen LogP contribution is 2.50. The van der Waals surface area contributed by atoms with Gasteiger partial charge in [0.2, 0.25) is 0 Å². The van der Waals surface area contributed by atoms with Crippen molar-refractivity contribution >= 4 is 22.7 Å². The lowest BCUT2D eigenvalue weighted by Crippen LogP contribution is -2.15. The van der Waals surface area contributed by atoms with Crippen molar-refractivity contribution in [2.45, 2.75) is 19.3 Å². The third-order valence-corrected chi connectivity index (χ3v) is 9.14. The van der Waals surface area contributed by atoms with Gasteiger partial charge in [0, 0.05) is 42.3 Å². The smallest absolute Gasteiger partial charge is 0.0408 e. The third kappa shape index (κ3) is 4.79. The Labute approximate surface area is 255 Å². The summed E-state index contributed by atoms with van der Waals surface area (Å²) in [6, 6.07) is 52.8. The van der Waals surface area contributed by atoms with Crippen LogP contribution in [0, 0.1) is 0 Å². The number of benzene rings is 6. The maximum atomic E-state index is 2.40. The van der Waals surface area contributed by atoms with Crippen molar-refractivity contribution in [1.82, 2.24) is 0 Å². The molecule has 0 heterocycles. The quantitative estimate of drug-likeness (QED) is 0.201. The molecule has 0 radical (unpaired) electrons.